The van der Waals surface area contributed by atoms with Crippen molar-refractivity contribution in [3.05, 3.63) is 71.3 Å². The highest BCUT2D eigenvalue weighted by Gasteiger charge is 2.43. The Bertz CT molecular complexity index is 1240. The quantitative estimate of drug-likeness (QED) is 0.477. The number of fused-ring (bicyclic) bond motifs is 1. The Morgan fingerprint density at radius 1 is 1.00 bits per heavy atom. The second kappa shape index (κ2) is 12.9. The normalized spacial score (nSPS) is 17.6. The van der Waals surface area contributed by atoms with Gasteiger partial charge in [-0.15, -0.1) is 5.10 Å². The van der Waals surface area contributed by atoms with Crippen LogP contribution in [0.1, 0.15) is 86.4 Å². The minimum atomic E-state index is -0.620. The second-order valence-electron chi connectivity index (χ2n) is 10.7. The molecule has 3 N–H and O–H groups in total. The molecule has 8 nitrogen and oxygen atoms in total. The van der Waals surface area contributed by atoms with E-state index in [9.17, 15) is 9.59 Å². The lowest BCUT2D eigenvalue weighted by atomic mass is 9.68. The minimum absolute atomic E-state index is 0.0286. The maximum atomic E-state index is 12.1. The van der Waals surface area contributed by atoms with Crippen LogP contribution in [0.2, 0.25) is 0 Å². The van der Waals surface area contributed by atoms with Gasteiger partial charge >= 0.3 is 0 Å². The molecule has 3 aliphatic rings. The summed E-state index contributed by atoms with van der Waals surface area (Å²) in [5.74, 6) is 0.296. The van der Waals surface area contributed by atoms with E-state index in [1.807, 2.05) is 56.1 Å². The molecule has 1 spiro atoms. The zero-order valence-corrected chi connectivity index (χ0v) is 23.6. The smallest absolute Gasteiger partial charge is 0.288 e. The molecule has 1 aromatic heterocycles. The number of aryl methyl sites for hydroxylation is 1. The van der Waals surface area contributed by atoms with Crippen LogP contribution in [-0.4, -0.2) is 47.1 Å². The molecule has 1 saturated heterocycles. The summed E-state index contributed by atoms with van der Waals surface area (Å²) in [4.78, 5) is 31.2. The SMILES string of the molecule is CC.CN1C(=O)CCCc2ccc(N3CC4(CCCCC4)C3)cc21.NC(=O)c1n[nH]c(Cc2ccccc2)n1. The van der Waals surface area contributed by atoms with Gasteiger partial charge in [-0.25, -0.2) is 4.98 Å². The molecule has 39 heavy (non-hydrogen) atoms. The summed E-state index contributed by atoms with van der Waals surface area (Å²) in [6.07, 6.45) is 10.4. The standard InChI is InChI=1S/C19H26N2O.C10H10N4O.C2H6/c1-20-17-12-16(9-8-15(17)6-5-7-18(20)22)21-13-19(14-21)10-3-2-4-11-19;11-9(15)10-12-8(13-14-10)6-7-4-2-1-3-5-7;1-2/h8-9,12H,2-7,10-11,13-14H2,1H3;1-5H,6H2,(H2,11,15)(H,12,13,14);1-2H3. The number of hydrogen-bond donors (Lipinski definition) is 2. The Labute approximate surface area is 232 Å². The summed E-state index contributed by atoms with van der Waals surface area (Å²) in [5.41, 5.74) is 10.5. The first-order valence-electron chi connectivity index (χ1n) is 14.3. The summed E-state index contributed by atoms with van der Waals surface area (Å²) in [7, 11) is 1.93. The predicted octanol–water partition coefficient (Wildman–Crippen LogP) is 5.28. The summed E-state index contributed by atoms with van der Waals surface area (Å²) in [6, 6.07) is 16.5. The summed E-state index contributed by atoms with van der Waals surface area (Å²) >= 11 is 0. The highest BCUT2D eigenvalue weighted by atomic mass is 16.2. The van der Waals surface area contributed by atoms with E-state index >= 15 is 0 Å². The number of H-pyrrole nitrogens is 1. The number of rotatable bonds is 4. The molecule has 2 aromatic carbocycles. The molecule has 1 aliphatic carbocycles. The van der Waals surface area contributed by atoms with Crippen molar-refractivity contribution in [3.63, 3.8) is 0 Å². The van der Waals surface area contributed by atoms with E-state index in [4.69, 9.17) is 5.73 Å². The molecule has 1 saturated carbocycles. The van der Waals surface area contributed by atoms with Crippen molar-refractivity contribution in [2.75, 3.05) is 29.9 Å². The van der Waals surface area contributed by atoms with Gasteiger partial charge < -0.3 is 15.5 Å². The van der Waals surface area contributed by atoms with Gasteiger partial charge in [0.15, 0.2) is 0 Å². The van der Waals surface area contributed by atoms with Crippen molar-refractivity contribution in [3.8, 4) is 0 Å². The van der Waals surface area contributed by atoms with Crippen molar-refractivity contribution in [2.24, 2.45) is 11.1 Å². The lowest BCUT2D eigenvalue weighted by Gasteiger charge is -2.53. The Morgan fingerprint density at radius 2 is 1.72 bits per heavy atom. The fourth-order valence-electron chi connectivity index (χ4n) is 5.84. The number of nitrogens with one attached hydrogen (secondary N) is 1. The average Bonchev–Trinajstić information content (AvgIpc) is 3.37. The molecule has 2 amide bonds. The number of carbonyl (C=O) groups is 2. The fraction of sp³-hybridized carbons (Fsp3) is 0.484. The third-order valence-corrected chi connectivity index (χ3v) is 7.94. The van der Waals surface area contributed by atoms with Gasteiger partial charge in [0.2, 0.25) is 11.7 Å². The van der Waals surface area contributed by atoms with Crippen molar-refractivity contribution in [1.82, 2.24) is 15.2 Å². The molecule has 2 aliphatic heterocycles. The Balaban J connectivity index is 0.000000182. The zero-order chi connectivity index (χ0) is 27.8. The topological polar surface area (TPSA) is 108 Å². The third-order valence-electron chi connectivity index (χ3n) is 7.94. The van der Waals surface area contributed by atoms with Crippen molar-refractivity contribution >= 4 is 23.2 Å². The number of primary amides is 1. The number of nitrogens with zero attached hydrogens (tertiary/aromatic N) is 4. The molecule has 3 heterocycles. The van der Waals surface area contributed by atoms with E-state index in [-0.39, 0.29) is 11.7 Å². The van der Waals surface area contributed by atoms with Crippen LogP contribution in [0.4, 0.5) is 11.4 Å². The summed E-state index contributed by atoms with van der Waals surface area (Å²) in [6.45, 7) is 6.42. The van der Waals surface area contributed by atoms with Crippen LogP contribution in [0.3, 0.4) is 0 Å². The average molecular weight is 531 g/mol. The van der Waals surface area contributed by atoms with Crippen LogP contribution in [0, 0.1) is 5.41 Å². The van der Waals surface area contributed by atoms with Crippen LogP contribution >= 0.6 is 0 Å². The number of nitrogens with two attached hydrogens (primary N) is 1. The lowest BCUT2D eigenvalue weighted by molar-refractivity contribution is -0.118. The second-order valence-corrected chi connectivity index (χ2v) is 10.7. The van der Waals surface area contributed by atoms with Crippen molar-refractivity contribution in [2.45, 2.75) is 71.6 Å². The number of aromatic nitrogens is 3. The first kappa shape index (κ1) is 28.3. The molecular weight excluding hydrogens is 488 g/mol. The number of aromatic amines is 1. The number of hydrogen-bond acceptors (Lipinski definition) is 5. The van der Waals surface area contributed by atoms with Gasteiger partial charge in [-0.2, -0.15) is 0 Å². The number of benzene rings is 2. The van der Waals surface area contributed by atoms with Crippen LogP contribution in [0.15, 0.2) is 48.5 Å². The monoisotopic (exact) mass is 530 g/mol. The number of anilines is 2. The predicted molar refractivity (Wildman–Crippen MR) is 156 cm³/mol. The van der Waals surface area contributed by atoms with E-state index in [2.05, 4.69) is 38.3 Å². The van der Waals surface area contributed by atoms with Crippen molar-refractivity contribution in [1.29, 1.82) is 0 Å². The highest BCUT2D eigenvalue weighted by molar-refractivity contribution is 5.95. The van der Waals surface area contributed by atoms with Gasteiger partial charge in [0.05, 0.1) is 0 Å². The van der Waals surface area contributed by atoms with Crippen LogP contribution < -0.4 is 15.5 Å². The summed E-state index contributed by atoms with van der Waals surface area (Å²) in [5, 5.41) is 6.37. The molecular formula is C31H42N6O2. The largest absolute Gasteiger partial charge is 0.370 e. The zero-order valence-electron chi connectivity index (χ0n) is 23.6. The Morgan fingerprint density at radius 3 is 2.38 bits per heavy atom. The first-order valence-corrected chi connectivity index (χ1v) is 14.3. The van der Waals surface area contributed by atoms with Gasteiger partial charge in [-0.3, -0.25) is 14.7 Å². The van der Waals surface area contributed by atoms with E-state index < -0.39 is 5.91 Å². The van der Waals surface area contributed by atoms with Gasteiger partial charge in [-0.1, -0.05) is 69.5 Å². The van der Waals surface area contributed by atoms with Gasteiger partial charge in [0, 0.05) is 49.8 Å². The maximum absolute atomic E-state index is 12.1. The van der Waals surface area contributed by atoms with E-state index in [1.165, 1.54) is 56.4 Å². The maximum Gasteiger partial charge on any atom is 0.288 e. The van der Waals surface area contributed by atoms with E-state index in [0.29, 0.717) is 24.1 Å². The molecule has 0 radical (unpaired) electrons. The van der Waals surface area contributed by atoms with Gasteiger partial charge in [-0.05, 0) is 48.9 Å². The molecule has 0 bridgehead atoms. The first-order chi connectivity index (χ1) is 18.9. The van der Waals surface area contributed by atoms with Crippen molar-refractivity contribution < 1.29 is 9.59 Å². The number of carbonyl (C=O) groups excluding carboxylic acids is 2. The van der Waals surface area contributed by atoms with Gasteiger partial charge in [0.25, 0.3) is 5.91 Å². The Hall–Kier alpha value is -3.68. The molecule has 0 unspecified atom stereocenters. The minimum Gasteiger partial charge on any atom is -0.370 e. The van der Waals surface area contributed by atoms with E-state index in [1.54, 1.807) is 0 Å². The fourth-order valence-corrected chi connectivity index (χ4v) is 5.84. The molecule has 0 atom stereocenters. The Kier molecular flexibility index (Phi) is 9.38. The van der Waals surface area contributed by atoms with Gasteiger partial charge in [0.1, 0.15) is 5.82 Å². The lowest BCUT2D eigenvalue weighted by Crippen LogP contribution is -2.57. The third kappa shape index (κ3) is 6.85. The molecule has 208 valence electrons. The number of amides is 2. The van der Waals surface area contributed by atoms with E-state index in [0.717, 1.165) is 24.1 Å². The van der Waals surface area contributed by atoms with Crippen LogP contribution in [-0.2, 0) is 17.6 Å². The molecule has 6 rings (SSSR count). The molecule has 3 aromatic rings. The van der Waals surface area contributed by atoms with Crippen LogP contribution in [0.25, 0.3) is 0 Å². The molecule has 8 heteroatoms. The highest BCUT2D eigenvalue weighted by Crippen LogP contribution is 2.46. The van der Waals surface area contributed by atoms with Crippen LogP contribution in [0.5, 0.6) is 0 Å². The molecule has 2 fully saturated rings. The summed E-state index contributed by atoms with van der Waals surface area (Å²) < 4.78 is 0.